The molecule has 6 heteroatoms. The van der Waals surface area contributed by atoms with Crippen LogP contribution < -0.4 is 10.1 Å². The number of aldehydes is 1. The van der Waals surface area contributed by atoms with E-state index in [2.05, 4.69) is 5.32 Å². The summed E-state index contributed by atoms with van der Waals surface area (Å²) in [7, 11) is 0. The Hall–Kier alpha value is -1.69. The van der Waals surface area contributed by atoms with Crippen LogP contribution in [0.4, 0.5) is 10.1 Å². The molecular formula is C15H20FNO3S. The average molecular weight is 313 g/mol. The third-order valence-corrected chi connectivity index (χ3v) is 2.40. The van der Waals surface area contributed by atoms with E-state index >= 15 is 0 Å². The molecule has 0 aliphatic heterocycles. The smallest absolute Gasteiger partial charge is 0.261 e. The molecule has 1 N–H and O–H groups in total. The Morgan fingerprint density at radius 3 is 2.48 bits per heavy atom. The predicted octanol–water partition coefficient (Wildman–Crippen LogP) is 3.94. The van der Waals surface area contributed by atoms with Crippen molar-refractivity contribution < 1.29 is 18.7 Å². The standard InChI is InChI=1S/C15H20FNO3S/c1-9(2)19-14(21)17-12-7-11(16)6-10(8-18)13(12)20-15(3,4)5/h6-9H,1-5H3,(H,17,21). The van der Waals surface area contributed by atoms with Gasteiger partial charge >= 0.3 is 0 Å². The largest absolute Gasteiger partial charge is 0.485 e. The zero-order chi connectivity index (χ0) is 16.2. The Kier molecular flexibility index (Phi) is 5.66. The highest BCUT2D eigenvalue weighted by Gasteiger charge is 2.20. The summed E-state index contributed by atoms with van der Waals surface area (Å²) in [5.74, 6) is -0.318. The van der Waals surface area contributed by atoms with E-state index in [9.17, 15) is 9.18 Å². The third kappa shape index (κ3) is 5.67. The maximum absolute atomic E-state index is 13.6. The van der Waals surface area contributed by atoms with Gasteiger partial charge in [0.15, 0.2) is 12.0 Å². The fraction of sp³-hybridized carbons (Fsp3) is 0.467. The number of carbonyl (C=O) groups is 1. The first kappa shape index (κ1) is 17.4. The van der Waals surface area contributed by atoms with Crippen molar-refractivity contribution in [3.8, 4) is 5.75 Å². The highest BCUT2D eigenvalue weighted by molar-refractivity contribution is 7.80. The van der Waals surface area contributed by atoms with Crippen LogP contribution in [0.2, 0.25) is 0 Å². The summed E-state index contributed by atoms with van der Waals surface area (Å²) in [5.41, 5.74) is -0.176. The van der Waals surface area contributed by atoms with Crippen LogP contribution in [0, 0.1) is 5.82 Å². The molecular weight excluding hydrogens is 293 g/mol. The summed E-state index contributed by atoms with van der Waals surface area (Å²) in [4.78, 5) is 11.1. The Labute approximate surface area is 129 Å². The monoisotopic (exact) mass is 313 g/mol. The number of carbonyl (C=O) groups excluding carboxylic acids is 1. The van der Waals surface area contributed by atoms with E-state index in [-0.39, 0.29) is 28.3 Å². The Balaban J connectivity index is 3.18. The van der Waals surface area contributed by atoms with Gasteiger partial charge in [-0.2, -0.15) is 0 Å². The number of nitrogens with one attached hydrogen (secondary N) is 1. The summed E-state index contributed by atoms with van der Waals surface area (Å²) in [6.07, 6.45) is 0.429. The summed E-state index contributed by atoms with van der Waals surface area (Å²) in [6, 6.07) is 2.33. The van der Waals surface area contributed by atoms with Crippen molar-refractivity contribution in [1.82, 2.24) is 0 Å². The molecule has 0 heterocycles. The maximum atomic E-state index is 13.6. The van der Waals surface area contributed by atoms with E-state index < -0.39 is 11.4 Å². The summed E-state index contributed by atoms with van der Waals surface area (Å²) in [5, 5.41) is 2.85. The minimum atomic E-state index is -0.562. The zero-order valence-corrected chi connectivity index (χ0v) is 13.6. The summed E-state index contributed by atoms with van der Waals surface area (Å²) >= 11 is 5.04. The molecule has 1 aromatic carbocycles. The molecule has 0 saturated heterocycles. The quantitative estimate of drug-likeness (QED) is 0.674. The predicted molar refractivity (Wildman–Crippen MR) is 84.6 cm³/mol. The molecule has 0 unspecified atom stereocenters. The van der Waals surface area contributed by atoms with Gasteiger partial charge in [-0.15, -0.1) is 0 Å². The number of benzene rings is 1. The van der Waals surface area contributed by atoms with Gasteiger partial charge in [0.2, 0.25) is 0 Å². The second-order valence-corrected chi connectivity index (χ2v) is 6.15. The van der Waals surface area contributed by atoms with E-state index in [1.165, 1.54) is 6.07 Å². The Morgan fingerprint density at radius 2 is 2.00 bits per heavy atom. The van der Waals surface area contributed by atoms with Crippen molar-refractivity contribution in [1.29, 1.82) is 0 Å². The van der Waals surface area contributed by atoms with E-state index in [0.29, 0.717) is 6.29 Å². The molecule has 116 valence electrons. The lowest BCUT2D eigenvalue weighted by Crippen LogP contribution is -2.25. The van der Waals surface area contributed by atoms with Crippen molar-refractivity contribution in [2.45, 2.75) is 46.3 Å². The first-order valence-corrected chi connectivity index (χ1v) is 6.98. The average Bonchev–Trinajstić information content (AvgIpc) is 2.29. The van der Waals surface area contributed by atoms with Gasteiger partial charge in [0.1, 0.15) is 11.4 Å². The van der Waals surface area contributed by atoms with Crippen LogP contribution in [0.25, 0.3) is 0 Å². The molecule has 1 rings (SSSR count). The lowest BCUT2D eigenvalue weighted by Gasteiger charge is -2.25. The molecule has 0 aliphatic rings. The number of hydrogen-bond donors (Lipinski definition) is 1. The topological polar surface area (TPSA) is 47.6 Å². The van der Waals surface area contributed by atoms with Crippen molar-refractivity contribution in [3.63, 3.8) is 0 Å². The number of hydrogen-bond acceptors (Lipinski definition) is 4. The molecule has 0 bridgehead atoms. The van der Waals surface area contributed by atoms with Crippen molar-refractivity contribution in [3.05, 3.63) is 23.5 Å². The van der Waals surface area contributed by atoms with E-state index in [0.717, 1.165) is 6.07 Å². The second-order valence-electron chi connectivity index (χ2n) is 5.78. The van der Waals surface area contributed by atoms with Gasteiger partial charge in [0.25, 0.3) is 5.17 Å². The number of halogens is 1. The van der Waals surface area contributed by atoms with E-state index in [1.807, 2.05) is 34.6 Å². The number of ether oxygens (including phenoxy) is 2. The first-order valence-electron chi connectivity index (χ1n) is 6.57. The number of thiocarbonyl (C=S) groups is 1. The van der Waals surface area contributed by atoms with Crippen LogP contribution in [0.5, 0.6) is 5.75 Å². The molecule has 0 radical (unpaired) electrons. The molecule has 0 aromatic heterocycles. The minimum absolute atomic E-state index is 0.0891. The van der Waals surface area contributed by atoms with Gasteiger partial charge < -0.3 is 14.8 Å². The molecule has 0 aliphatic carbocycles. The fourth-order valence-corrected chi connectivity index (χ4v) is 1.87. The van der Waals surface area contributed by atoms with Gasteiger partial charge in [-0.1, -0.05) is 0 Å². The van der Waals surface area contributed by atoms with Crippen LogP contribution in [0.1, 0.15) is 45.0 Å². The van der Waals surface area contributed by atoms with Gasteiger partial charge in [0, 0.05) is 6.07 Å². The molecule has 0 fully saturated rings. The van der Waals surface area contributed by atoms with Crippen molar-refractivity contribution >= 4 is 29.4 Å². The van der Waals surface area contributed by atoms with Crippen LogP contribution in [0.3, 0.4) is 0 Å². The number of rotatable bonds is 4. The maximum Gasteiger partial charge on any atom is 0.261 e. The van der Waals surface area contributed by atoms with Gasteiger partial charge in [-0.25, -0.2) is 4.39 Å². The lowest BCUT2D eigenvalue weighted by molar-refractivity contribution is 0.109. The normalized spacial score (nSPS) is 11.2. The SMILES string of the molecule is CC(C)OC(=S)Nc1cc(F)cc(C=O)c1OC(C)(C)C. The number of anilines is 1. The van der Waals surface area contributed by atoms with Crippen LogP contribution >= 0.6 is 12.2 Å². The van der Waals surface area contributed by atoms with Gasteiger partial charge in [-0.3, -0.25) is 4.79 Å². The van der Waals surface area contributed by atoms with Gasteiger partial charge in [-0.05, 0) is 52.9 Å². The first-order chi connectivity index (χ1) is 9.62. The fourth-order valence-electron chi connectivity index (χ4n) is 1.57. The zero-order valence-electron chi connectivity index (χ0n) is 12.8. The molecule has 0 amide bonds. The third-order valence-electron chi connectivity index (χ3n) is 2.20. The summed E-state index contributed by atoms with van der Waals surface area (Å²) in [6.45, 7) is 9.14. The highest BCUT2D eigenvalue weighted by atomic mass is 32.1. The highest BCUT2D eigenvalue weighted by Crippen LogP contribution is 2.32. The second kappa shape index (κ2) is 6.85. The lowest BCUT2D eigenvalue weighted by atomic mass is 10.1. The summed E-state index contributed by atoms with van der Waals surface area (Å²) < 4.78 is 24.6. The Morgan fingerprint density at radius 1 is 1.38 bits per heavy atom. The van der Waals surface area contributed by atoms with Gasteiger partial charge in [0.05, 0.1) is 17.4 Å². The van der Waals surface area contributed by atoms with E-state index in [4.69, 9.17) is 21.7 Å². The van der Waals surface area contributed by atoms with Crippen LogP contribution in [0.15, 0.2) is 12.1 Å². The van der Waals surface area contributed by atoms with Crippen molar-refractivity contribution in [2.24, 2.45) is 0 Å². The Bertz CT molecular complexity index is 538. The van der Waals surface area contributed by atoms with Crippen LogP contribution in [-0.4, -0.2) is 23.2 Å². The molecule has 0 saturated carbocycles. The van der Waals surface area contributed by atoms with Crippen molar-refractivity contribution in [2.75, 3.05) is 5.32 Å². The molecule has 4 nitrogen and oxygen atoms in total. The van der Waals surface area contributed by atoms with Crippen LogP contribution in [-0.2, 0) is 4.74 Å². The molecule has 0 atom stereocenters. The molecule has 21 heavy (non-hydrogen) atoms. The van der Waals surface area contributed by atoms with E-state index in [1.54, 1.807) is 0 Å². The molecule has 0 spiro atoms. The minimum Gasteiger partial charge on any atom is -0.485 e. The molecule has 1 aromatic rings.